The first-order valence-corrected chi connectivity index (χ1v) is 9.59. The average molecular weight is 478 g/mol. The normalized spacial score (nSPS) is 19.3. The molecule has 3 rings (SSSR count). The van der Waals surface area contributed by atoms with Crippen LogP contribution in [-0.2, 0) is 12.4 Å². The molecule has 0 aliphatic carbocycles. The first-order valence-electron chi connectivity index (χ1n) is 9.59. The molecule has 2 N–H and O–H groups in total. The van der Waals surface area contributed by atoms with Crippen LogP contribution in [0, 0.1) is 5.82 Å². The number of nitrogens with one attached hydrogen (secondary N) is 1. The Kier molecular flexibility index (Phi) is 6.57. The van der Waals surface area contributed by atoms with Crippen molar-refractivity contribution >= 4 is 12.0 Å². The summed E-state index contributed by atoms with van der Waals surface area (Å²) in [6, 6.07) is 4.74. The third-order valence-electron chi connectivity index (χ3n) is 5.35. The molecule has 0 saturated carbocycles. The molecule has 0 radical (unpaired) electrons. The molecule has 0 aromatic heterocycles. The molecule has 5 nitrogen and oxygen atoms in total. The number of halogens is 7. The van der Waals surface area contributed by atoms with E-state index in [0.29, 0.717) is 17.7 Å². The van der Waals surface area contributed by atoms with Crippen molar-refractivity contribution in [2.24, 2.45) is 0 Å². The molecule has 2 amide bonds. The molecule has 1 aliphatic rings. The summed E-state index contributed by atoms with van der Waals surface area (Å²) in [6.45, 7) is -0.128. The quantitative estimate of drug-likeness (QED) is 0.602. The van der Waals surface area contributed by atoms with Gasteiger partial charge >= 0.3 is 18.4 Å². The summed E-state index contributed by atoms with van der Waals surface area (Å²) in [5, 5.41) is 11.7. The summed E-state index contributed by atoms with van der Waals surface area (Å²) < 4.78 is 91.9. The average Bonchev–Trinajstić information content (AvgIpc) is 2.73. The van der Waals surface area contributed by atoms with E-state index in [1.54, 1.807) is 0 Å². The highest BCUT2D eigenvalue weighted by Gasteiger charge is 2.38. The van der Waals surface area contributed by atoms with Gasteiger partial charge in [0, 0.05) is 30.6 Å². The minimum atomic E-state index is -5.11. The molecule has 1 heterocycles. The Balaban J connectivity index is 1.92. The largest absolute Gasteiger partial charge is 0.465 e. The van der Waals surface area contributed by atoms with E-state index in [0.717, 1.165) is 17.0 Å². The molecule has 2 aromatic rings. The van der Waals surface area contributed by atoms with Crippen LogP contribution in [0.5, 0.6) is 0 Å². The predicted molar refractivity (Wildman–Crippen MR) is 101 cm³/mol. The van der Waals surface area contributed by atoms with Gasteiger partial charge in [0.05, 0.1) is 11.1 Å². The number of rotatable bonds is 3. The monoisotopic (exact) mass is 478 g/mol. The Morgan fingerprint density at radius 3 is 1.97 bits per heavy atom. The Morgan fingerprint density at radius 1 is 0.939 bits per heavy atom. The van der Waals surface area contributed by atoms with Gasteiger partial charge in [-0.1, -0.05) is 12.1 Å². The van der Waals surface area contributed by atoms with Gasteiger partial charge in [-0.25, -0.2) is 9.18 Å². The molecule has 2 atom stereocenters. The summed E-state index contributed by atoms with van der Waals surface area (Å²) in [5.74, 6) is -2.44. The fourth-order valence-electron chi connectivity index (χ4n) is 3.68. The van der Waals surface area contributed by atoms with Gasteiger partial charge in [-0.05, 0) is 42.3 Å². The summed E-state index contributed by atoms with van der Waals surface area (Å²) in [4.78, 5) is 25.1. The van der Waals surface area contributed by atoms with Crippen LogP contribution in [0.25, 0.3) is 0 Å². The molecular formula is C21H17F7N2O3. The van der Waals surface area contributed by atoms with Crippen molar-refractivity contribution in [3.63, 3.8) is 0 Å². The third-order valence-corrected chi connectivity index (χ3v) is 5.35. The van der Waals surface area contributed by atoms with Gasteiger partial charge in [0.1, 0.15) is 5.82 Å². The highest BCUT2D eigenvalue weighted by atomic mass is 19.4. The van der Waals surface area contributed by atoms with Crippen LogP contribution in [-0.4, -0.2) is 41.1 Å². The Bertz CT molecular complexity index is 1000. The van der Waals surface area contributed by atoms with Crippen molar-refractivity contribution in [2.45, 2.75) is 30.7 Å². The van der Waals surface area contributed by atoms with Crippen LogP contribution >= 0.6 is 0 Å². The number of benzene rings is 2. The van der Waals surface area contributed by atoms with E-state index in [-0.39, 0.29) is 25.6 Å². The number of nitrogens with zero attached hydrogens (tertiary/aromatic N) is 1. The molecule has 0 bridgehead atoms. The first kappa shape index (κ1) is 24.3. The van der Waals surface area contributed by atoms with Crippen LogP contribution in [0.3, 0.4) is 0 Å². The lowest BCUT2D eigenvalue weighted by Crippen LogP contribution is -2.51. The second-order valence-electron chi connectivity index (χ2n) is 7.55. The van der Waals surface area contributed by atoms with Crippen molar-refractivity contribution in [2.75, 3.05) is 13.1 Å². The van der Waals surface area contributed by atoms with Gasteiger partial charge in [0.25, 0.3) is 5.91 Å². The predicted octanol–water partition coefficient (Wildman–Crippen LogP) is 5.13. The number of likely N-dealkylation sites (tertiary alicyclic amines) is 1. The lowest BCUT2D eigenvalue weighted by molar-refractivity contribution is -0.143. The molecule has 2 unspecified atom stereocenters. The second kappa shape index (κ2) is 8.91. The SMILES string of the molecule is O=C(NC1CCN(C(=O)O)CC1c1ccc(F)cc1)c1cc(C(F)(F)F)cc(C(F)(F)F)c1. The van der Waals surface area contributed by atoms with E-state index in [9.17, 15) is 45.4 Å². The van der Waals surface area contributed by atoms with Gasteiger partial charge in [-0.2, -0.15) is 26.3 Å². The van der Waals surface area contributed by atoms with Gasteiger partial charge in [0.15, 0.2) is 0 Å². The van der Waals surface area contributed by atoms with Crippen molar-refractivity contribution in [3.05, 3.63) is 70.5 Å². The number of amides is 2. The number of carbonyl (C=O) groups is 2. The molecular weight excluding hydrogens is 461 g/mol. The van der Waals surface area contributed by atoms with Crippen LogP contribution in [0.1, 0.15) is 39.4 Å². The number of carboxylic acid groups (broad SMARTS) is 1. The van der Waals surface area contributed by atoms with Crippen molar-refractivity contribution in [1.82, 2.24) is 10.2 Å². The van der Waals surface area contributed by atoms with Crippen LogP contribution in [0.4, 0.5) is 35.5 Å². The van der Waals surface area contributed by atoms with Gasteiger partial charge in [-0.15, -0.1) is 0 Å². The zero-order valence-corrected chi connectivity index (χ0v) is 16.7. The molecule has 2 aromatic carbocycles. The summed E-state index contributed by atoms with van der Waals surface area (Å²) >= 11 is 0. The molecule has 33 heavy (non-hydrogen) atoms. The van der Waals surface area contributed by atoms with E-state index < -0.39 is 58.8 Å². The minimum absolute atomic E-state index is 0.0195. The molecule has 1 fully saturated rings. The fourth-order valence-corrected chi connectivity index (χ4v) is 3.68. The van der Waals surface area contributed by atoms with Gasteiger partial charge in [0.2, 0.25) is 0 Å². The smallest absolute Gasteiger partial charge is 0.416 e. The summed E-state index contributed by atoms with van der Waals surface area (Å²) in [7, 11) is 0. The zero-order chi connectivity index (χ0) is 24.6. The number of carbonyl (C=O) groups excluding carboxylic acids is 1. The standard InChI is InChI=1S/C21H17F7N2O3/c22-15-3-1-11(2-4-15)16-10-30(19(32)33)6-5-17(16)29-18(31)12-7-13(20(23,24)25)9-14(8-12)21(26,27)28/h1-4,7-9,16-17H,5-6,10H2,(H,29,31)(H,32,33). The molecule has 1 saturated heterocycles. The van der Waals surface area contributed by atoms with E-state index >= 15 is 0 Å². The number of hydrogen-bond acceptors (Lipinski definition) is 2. The highest BCUT2D eigenvalue weighted by Crippen LogP contribution is 2.36. The van der Waals surface area contributed by atoms with Gasteiger partial charge in [-0.3, -0.25) is 4.79 Å². The van der Waals surface area contributed by atoms with E-state index in [1.807, 2.05) is 0 Å². The number of alkyl halides is 6. The number of piperidine rings is 1. The Morgan fingerprint density at radius 2 is 1.48 bits per heavy atom. The van der Waals surface area contributed by atoms with Crippen LogP contribution in [0.15, 0.2) is 42.5 Å². The first-order chi connectivity index (χ1) is 15.3. The number of hydrogen-bond donors (Lipinski definition) is 2. The fraction of sp³-hybridized carbons (Fsp3) is 0.333. The van der Waals surface area contributed by atoms with Crippen molar-refractivity contribution in [3.8, 4) is 0 Å². The Hall–Kier alpha value is -3.31. The lowest BCUT2D eigenvalue weighted by atomic mass is 9.85. The zero-order valence-electron chi connectivity index (χ0n) is 16.7. The molecule has 0 spiro atoms. The lowest BCUT2D eigenvalue weighted by Gasteiger charge is -2.38. The van der Waals surface area contributed by atoms with Crippen LogP contribution in [0.2, 0.25) is 0 Å². The minimum Gasteiger partial charge on any atom is -0.465 e. The summed E-state index contributed by atoms with van der Waals surface area (Å²) in [5.41, 5.74) is -3.64. The topological polar surface area (TPSA) is 69.6 Å². The maximum Gasteiger partial charge on any atom is 0.416 e. The van der Waals surface area contributed by atoms with Gasteiger partial charge < -0.3 is 15.3 Å². The van der Waals surface area contributed by atoms with Crippen molar-refractivity contribution < 1.29 is 45.4 Å². The maximum atomic E-state index is 13.3. The maximum absolute atomic E-state index is 13.3. The highest BCUT2D eigenvalue weighted by molar-refractivity contribution is 5.95. The Labute approximate surface area is 182 Å². The van der Waals surface area contributed by atoms with Crippen molar-refractivity contribution in [1.29, 1.82) is 0 Å². The second-order valence-corrected chi connectivity index (χ2v) is 7.55. The van der Waals surface area contributed by atoms with E-state index in [1.165, 1.54) is 12.1 Å². The third kappa shape index (κ3) is 5.74. The summed E-state index contributed by atoms with van der Waals surface area (Å²) in [6.07, 6.45) is -11.4. The van der Waals surface area contributed by atoms with Crippen LogP contribution < -0.4 is 5.32 Å². The molecule has 178 valence electrons. The van der Waals surface area contributed by atoms with E-state index in [4.69, 9.17) is 0 Å². The molecule has 12 heteroatoms. The van der Waals surface area contributed by atoms with E-state index in [2.05, 4.69) is 5.32 Å². The molecule has 1 aliphatic heterocycles.